The van der Waals surface area contributed by atoms with Crippen LogP contribution in [0.2, 0.25) is 0 Å². The van der Waals surface area contributed by atoms with Gasteiger partial charge in [0.25, 0.3) is 0 Å². The molecule has 1 saturated carbocycles. The quantitative estimate of drug-likeness (QED) is 0.340. The van der Waals surface area contributed by atoms with E-state index in [0.717, 1.165) is 38.6 Å². The van der Waals surface area contributed by atoms with Crippen LogP contribution in [-0.2, 0) is 4.79 Å². The molecule has 2 aliphatic rings. The van der Waals surface area contributed by atoms with Crippen molar-refractivity contribution in [2.24, 2.45) is 16.3 Å². The van der Waals surface area contributed by atoms with Crippen molar-refractivity contribution in [2.45, 2.75) is 57.9 Å². The van der Waals surface area contributed by atoms with Crippen LogP contribution < -0.4 is 5.73 Å². The summed E-state index contributed by atoms with van der Waals surface area (Å²) in [5.74, 6) is 0.175. The molecular formula is C13H23N3O2. The Labute approximate surface area is 108 Å². The molecule has 1 aliphatic heterocycles. The number of amidine groups is 1. The summed E-state index contributed by atoms with van der Waals surface area (Å²) in [6, 6.07) is 0.280. The molecule has 1 heterocycles. The maximum Gasteiger partial charge on any atom is 0.236 e. The summed E-state index contributed by atoms with van der Waals surface area (Å²) >= 11 is 0. The van der Waals surface area contributed by atoms with Crippen molar-refractivity contribution >= 4 is 11.7 Å². The second-order valence-corrected chi connectivity index (χ2v) is 5.62. The standard InChI is InChI=1S/C13H23N3O2/c1-10-6-5-9-16(10)12(17)13(11(14)15-18)7-3-2-4-8-13/h10,18H,2-9H2,1H3,(H2,14,15). The number of hydrogen-bond donors (Lipinski definition) is 2. The maximum absolute atomic E-state index is 12.8. The van der Waals surface area contributed by atoms with E-state index in [-0.39, 0.29) is 17.8 Å². The Morgan fingerprint density at radius 1 is 1.33 bits per heavy atom. The molecule has 0 aromatic rings. The molecule has 1 unspecified atom stereocenters. The van der Waals surface area contributed by atoms with E-state index in [4.69, 9.17) is 10.9 Å². The van der Waals surface area contributed by atoms with Crippen LogP contribution in [0, 0.1) is 5.41 Å². The average molecular weight is 253 g/mol. The number of hydrogen-bond acceptors (Lipinski definition) is 3. The molecule has 1 amide bonds. The Hall–Kier alpha value is -1.26. The summed E-state index contributed by atoms with van der Waals surface area (Å²) in [7, 11) is 0. The van der Waals surface area contributed by atoms with Crippen LogP contribution in [-0.4, -0.2) is 34.4 Å². The van der Waals surface area contributed by atoms with Gasteiger partial charge in [-0.05, 0) is 32.6 Å². The zero-order valence-electron chi connectivity index (χ0n) is 11.1. The SMILES string of the molecule is CC1CCCN1C(=O)C1(C(N)=NO)CCCCC1. The first-order chi connectivity index (χ1) is 8.62. The molecule has 18 heavy (non-hydrogen) atoms. The third-order valence-corrected chi connectivity index (χ3v) is 4.53. The van der Waals surface area contributed by atoms with Gasteiger partial charge in [0.15, 0.2) is 5.84 Å². The summed E-state index contributed by atoms with van der Waals surface area (Å²) in [6.45, 7) is 2.88. The molecule has 5 nitrogen and oxygen atoms in total. The minimum Gasteiger partial charge on any atom is -0.409 e. The highest BCUT2D eigenvalue weighted by molar-refractivity contribution is 6.07. The molecule has 0 radical (unpaired) electrons. The van der Waals surface area contributed by atoms with Crippen LogP contribution in [0.5, 0.6) is 0 Å². The van der Waals surface area contributed by atoms with Crippen LogP contribution in [0.1, 0.15) is 51.9 Å². The van der Waals surface area contributed by atoms with Gasteiger partial charge in [-0.15, -0.1) is 0 Å². The molecule has 0 spiro atoms. The van der Waals surface area contributed by atoms with E-state index >= 15 is 0 Å². The van der Waals surface area contributed by atoms with Gasteiger partial charge < -0.3 is 15.8 Å². The van der Waals surface area contributed by atoms with Crippen LogP contribution >= 0.6 is 0 Å². The minimum absolute atomic E-state index is 0.0718. The third kappa shape index (κ3) is 2.06. The topological polar surface area (TPSA) is 78.9 Å². The fourth-order valence-electron chi connectivity index (χ4n) is 3.34. The molecule has 3 N–H and O–H groups in total. The summed E-state index contributed by atoms with van der Waals surface area (Å²) in [6.07, 6.45) is 6.62. The smallest absolute Gasteiger partial charge is 0.236 e. The second kappa shape index (κ2) is 5.16. The van der Waals surface area contributed by atoms with Gasteiger partial charge >= 0.3 is 0 Å². The van der Waals surface area contributed by atoms with Crippen LogP contribution in [0.3, 0.4) is 0 Å². The summed E-state index contributed by atoms with van der Waals surface area (Å²) < 4.78 is 0. The minimum atomic E-state index is -0.744. The Balaban J connectivity index is 2.26. The molecule has 0 bridgehead atoms. The van der Waals surface area contributed by atoms with E-state index in [1.807, 2.05) is 4.90 Å². The third-order valence-electron chi connectivity index (χ3n) is 4.53. The predicted octanol–water partition coefficient (Wildman–Crippen LogP) is 1.69. The number of amides is 1. The van der Waals surface area contributed by atoms with Crippen molar-refractivity contribution in [1.82, 2.24) is 4.90 Å². The maximum atomic E-state index is 12.8. The van der Waals surface area contributed by atoms with Gasteiger partial charge in [0.2, 0.25) is 5.91 Å². The Kier molecular flexibility index (Phi) is 3.78. The number of carbonyl (C=O) groups excluding carboxylic acids is 1. The first kappa shape index (κ1) is 13.2. The van der Waals surface area contributed by atoms with Crippen LogP contribution in [0.25, 0.3) is 0 Å². The van der Waals surface area contributed by atoms with Crippen molar-refractivity contribution in [3.63, 3.8) is 0 Å². The number of nitrogens with zero attached hydrogens (tertiary/aromatic N) is 2. The van der Waals surface area contributed by atoms with E-state index in [1.165, 1.54) is 0 Å². The fraction of sp³-hybridized carbons (Fsp3) is 0.846. The summed E-state index contributed by atoms with van der Waals surface area (Å²) in [5.41, 5.74) is 5.10. The number of oxime groups is 1. The molecule has 1 aliphatic carbocycles. The van der Waals surface area contributed by atoms with E-state index in [1.54, 1.807) is 0 Å². The van der Waals surface area contributed by atoms with Gasteiger partial charge in [-0.2, -0.15) is 0 Å². The number of rotatable bonds is 2. The van der Waals surface area contributed by atoms with Gasteiger partial charge in [-0.3, -0.25) is 4.79 Å². The number of nitrogens with two attached hydrogens (primary N) is 1. The highest BCUT2D eigenvalue weighted by atomic mass is 16.4. The molecule has 2 fully saturated rings. The van der Waals surface area contributed by atoms with Crippen LogP contribution in [0.4, 0.5) is 0 Å². The van der Waals surface area contributed by atoms with Gasteiger partial charge in [-0.25, -0.2) is 0 Å². The van der Waals surface area contributed by atoms with Gasteiger partial charge in [-0.1, -0.05) is 24.4 Å². The molecule has 2 rings (SSSR count). The van der Waals surface area contributed by atoms with E-state index < -0.39 is 5.41 Å². The van der Waals surface area contributed by atoms with Crippen molar-refractivity contribution in [2.75, 3.05) is 6.54 Å². The monoisotopic (exact) mass is 253 g/mol. The highest BCUT2D eigenvalue weighted by Gasteiger charge is 2.47. The van der Waals surface area contributed by atoms with Crippen molar-refractivity contribution in [1.29, 1.82) is 0 Å². The molecule has 1 atom stereocenters. The zero-order valence-corrected chi connectivity index (χ0v) is 11.1. The Bertz CT molecular complexity index is 348. The van der Waals surface area contributed by atoms with Crippen molar-refractivity contribution in [3.8, 4) is 0 Å². The number of likely N-dealkylation sites (tertiary alicyclic amines) is 1. The highest BCUT2D eigenvalue weighted by Crippen LogP contribution is 2.39. The first-order valence-corrected chi connectivity index (χ1v) is 6.91. The van der Waals surface area contributed by atoms with Crippen molar-refractivity contribution < 1.29 is 10.0 Å². The lowest BCUT2D eigenvalue weighted by Crippen LogP contribution is -2.53. The van der Waals surface area contributed by atoms with Gasteiger partial charge in [0.1, 0.15) is 5.41 Å². The van der Waals surface area contributed by atoms with E-state index in [2.05, 4.69) is 12.1 Å². The summed E-state index contributed by atoms with van der Waals surface area (Å²) in [4.78, 5) is 14.7. The second-order valence-electron chi connectivity index (χ2n) is 5.62. The molecule has 5 heteroatoms. The molecule has 1 saturated heterocycles. The average Bonchev–Trinajstić information content (AvgIpc) is 2.83. The Morgan fingerprint density at radius 3 is 2.50 bits per heavy atom. The zero-order chi connectivity index (χ0) is 13.2. The summed E-state index contributed by atoms with van der Waals surface area (Å²) in [5, 5.41) is 12.2. The first-order valence-electron chi connectivity index (χ1n) is 6.91. The molecular weight excluding hydrogens is 230 g/mol. The van der Waals surface area contributed by atoms with Crippen molar-refractivity contribution in [3.05, 3.63) is 0 Å². The lowest BCUT2D eigenvalue weighted by Gasteiger charge is -2.38. The molecule has 102 valence electrons. The normalized spacial score (nSPS) is 28.4. The predicted molar refractivity (Wildman–Crippen MR) is 69.3 cm³/mol. The Morgan fingerprint density at radius 2 is 2.00 bits per heavy atom. The lowest BCUT2D eigenvalue weighted by atomic mass is 9.72. The number of carbonyl (C=O) groups is 1. The van der Waals surface area contributed by atoms with Gasteiger partial charge in [0.05, 0.1) is 0 Å². The van der Waals surface area contributed by atoms with E-state index in [0.29, 0.717) is 12.8 Å². The van der Waals surface area contributed by atoms with E-state index in [9.17, 15) is 4.79 Å². The van der Waals surface area contributed by atoms with Crippen LogP contribution in [0.15, 0.2) is 5.16 Å². The molecule has 0 aromatic heterocycles. The lowest BCUT2D eigenvalue weighted by molar-refractivity contribution is -0.140. The molecule has 0 aromatic carbocycles. The fourth-order valence-corrected chi connectivity index (χ4v) is 3.34. The largest absolute Gasteiger partial charge is 0.409 e. The van der Waals surface area contributed by atoms with Gasteiger partial charge in [0, 0.05) is 12.6 Å².